The second-order valence-corrected chi connectivity index (χ2v) is 6.41. The maximum atomic E-state index is 11.8. The first-order valence-corrected chi connectivity index (χ1v) is 7.68. The van der Waals surface area contributed by atoms with Gasteiger partial charge in [-0.25, -0.2) is 8.42 Å². The first kappa shape index (κ1) is 13.0. The lowest BCUT2D eigenvalue weighted by Crippen LogP contribution is -2.13. The molecule has 1 aromatic heterocycles. The van der Waals surface area contributed by atoms with Crippen LogP contribution in [0.3, 0.4) is 0 Å². The van der Waals surface area contributed by atoms with E-state index in [0.717, 1.165) is 10.9 Å². The van der Waals surface area contributed by atoms with Crippen molar-refractivity contribution >= 4 is 20.7 Å². The summed E-state index contributed by atoms with van der Waals surface area (Å²) in [6.45, 7) is 0.393. The number of pyridine rings is 1. The Hall–Kier alpha value is -1.46. The zero-order valence-electron chi connectivity index (χ0n) is 10.0. The molecule has 0 saturated heterocycles. The fourth-order valence-electron chi connectivity index (χ4n) is 1.79. The van der Waals surface area contributed by atoms with Crippen LogP contribution in [0.5, 0.6) is 0 Å². The van der Waals surface area contributed by atoms with Crippen LogP contribution in [0.1, 0.15) is 12.1 Å². The van der Waals surface area contributed by atoms with E-state index < -0.39 is 9.84 Å². The highest BCUT2D eigenvalue weighted by molar-refractivity contribution is 7.90. The molecule has 0 fully saturated rings. The van der Waals surface area contributed by atoms with Crippen molar-refractivity contribution in [3.63, 3.8) is 0 Å². The fourth-order valence-corrected chi connectivity index (χ4v) is 3.15. The van der Waals surface area contributed by atoms with Crippen LogP contribution >= 0.6 is 0 Å². The standard InChI is InChI=1S/C13H16N2O2S/c14-8-3-9-18(16,17)10-12-7-6-11-4-1-2-5-13(11)15-12/h1-2,4-7H,3,8-10,14H2. The smallest absolute Gasteiger partial charge is 0.156 e. The lowest BCUT2D eigenvalue weighted by molar-refractivity contribution is 0.592. The highest BCUT2D eigenvalue weighted by Gasteiger charge is 2.12. The van der Waals surface area contributed by atoms with Gasteiger partial charge in [-0.1, -0.05) is 24.3 Å². The molecule has 0 atom stereocenters. The number of nitrogens with two attached hydrogens (primary N) is 1. The number of aromatic nitrogens is 1. The zero-order valence-corrected chi connectivity index (χ0v) is 10.9. The maximum Gasteiger partial charge on any atom is 0.156 e. The average molecular weight is 264 g/mol. The lowest BCUT2D eigenvalue weighted by Gasteiger charge is -2.04. The van der Waals surface area contributed by atoms with Gasteiger partial charge in [-0.2, -0.15) is 0 Å². The molecule has 4 nitrogen and oxygen atoms in total. The summed E-state index contributed by atoms with van der Waals surface area (Å²) in [5, 5.41) is 1.01. The van der Waals surface area contributed by atoms with E-state index in [-0.39, 0.29) is 11.5 Å². The van der Waals surface area contributed by atoms with Crippen molar-refractivity contribution in [1.82, 2.24) is 4.98 Å². The van der Waals surface area contributed by atoms with Crippen molar-refractivity contribution < 1.29 is 8.42 Å². The van der Waals surface area contributed by atoms with Crippen LogP contribution in [0.25, 0.3) is 10.9 Å². The van der Waals surface area contributed by atoms with Crippen LogP contribution in [0.2, 0.25) is 0 Å². The van der Waals surface area contributed by atoms with Crippen molar-refractivity contribution in [2.45, 2.75) is 12.2 Å². The molecule has 0 radical (unpaired) electrons. The highest BCUT2D eigenvalue weighted by atomic mass is 32.2. The van der Waals surface area contributed by atoms with Gasteiger partial charge in [0.15, 0.2) is 9.84 Å². The van der Waals surface area contributed by atoms with Gasteiger partial charge in [0.05, 0.1) is 22.7 Å². The van der Waals surface area contributed by atoms with Gasteiger partial charge in [0.25, 0.3) is 0 Å². The van der Waals surface area contributed by atoms with Crippen molar-refractivity contribution in [2.75, 3.05) is 12.3 Å². The van der Waals surface area contributed by atoms with Crippen molar-refractivity contribution in [2.24, 2.45) is 5.73 Å². The van der Waals surface area contributed by atoms with E-state index in [2.05, 4.69) is 4.98 Å². The Morgan fingerprint density at radius 1 is 1.11 bits per heavy atom. The predicted molar refractivity (Wildman–Crippen MR) is 72.9 cm³/mol. The van der Waals surface area contributed by atoms with E-state index in [0.29, 0.717) is 18.7 Å². The monoisotopic (exact) mass is 264 g/mol. The van der Waals surface area contributed by atoms with E-state index in [1.807, 2.05) is 30.3 Å². The molecule has 5 heteroatoms. The Morgan fingerprint density at radius 2 is 1.89 bits per heavy atom. The summed E-state index contributed by atoms with van der Waals surface area (Å²) in [5.74, 6) is 0.107. The quantitative estimate of drug-likeness (QED) is 0.888. The van der Waals surface area contributed by atoms with Gasteiger partial charge >= 0.3 is 0 Å². The number of sulfone groups is 1. The van der Waals surface area contributed by atoms with Crippen LogP contribution in [0.4, 0.5) is 0 Å². The zero-order chi connectivity index (χ0) is 13.0. The lowest BCUT2D eigenvalue weighted by atomic mass is 10.2. The molecular weight excluding hydrogens is 248 g/mol. The van der Waals surface area contributed by atoms with Gasteiger partial charge in [0.1, 0.15) is 0 Å². The summed E-state index contributed by atoms with van der Waals surface area (Å²) in [6.07, 6.45) is 0.496. The number of rotatable bonds is 5. The van der Waals surface area contributed by atoms with Crippen molar-refractivity contribution in [3.8, 4) is 0 Å². The number of benzene rings is 1. The minimum absolute atomic E-state index is 0.0160. The molecule has 1 aromatic carbocycles. The number of nitrogens with zero attached hydrogens (tertiary/aromatic N) is 1. The van der Waals surface area contributed by atoms with Crippen LogP contribution < -0.4 is 5.73 Å². The third kappa shape index (κ3) is 3.27. The topological polar surface area (TPSA) is 73.1 Å². The van der Waals surface area contributed by atoms with Gasteiger partial charge in [0, 0.05) is 5.39 Å². The normalized spacial score (nSPS) is 11.8. The molecule has 0 aliphatic rings. The van der Waals surface area contributed by atoms with Gasteiger partial charge in [-0.05, 0) is 25.1 Å². The third-order valence-electron chi connectivity index (χ3n) is 2.68. The summed E-state index contributed by atoms with van der Waals surface area (Å²) in [6, 6.07) is 11.3. The number of para-hydroxylation sites is 1. The Morgan fingerprint density at radius 3 is 2.67 bits per heavy atom. The molecule has 0 aliphatic carbocycles. The molecule has 96 valence electrons. The minimum Gasteiger partial charge on any atom is -0.330 e. The Balaban J connectivity index is 2.22. The molecule has 0 saturated carbocycles. The largest absolute Gasteiger partial charge is 0.330 e. The van der Waals surface area contributed by atoms with E-state index in [9.17, 15) is 8.42 Å². The highest BCUT2D eigenvalue weighted by Crippen LogP contribution is 2.13. The molecule has 0 bridgehead atoms. The molecule has 0 aliphatic heterocycles. The Bertz CT molecular complexity index is 638. The first-order valence-electron chi connectivity index (χ1n) is 5.86. The van der Waals surface area contributed by atoms with Gasteiger partial charge in [-0.15, -0.1) is 0 Å². The SMILES string of the molecule is NCCCS(=O)(=O)Cc1ccc2ccccc2n1. The number of hydrogen-bond donors (Lipinski definition) is 1. The summed E-state index contributed by atoms with van der Waals surface area (Å²) in [7, 11) is -3.11. The Labute approximate surface area is 107 Å². The average Bonchev–Trinajstić information content (AvgIpc) is 2.36. The van der Waals surface area contributed by atoms with Crippen molar-refractivity contribution in [1.29, 1.82) is 0 Å². The molecule has 0 spiro atoms. The summed E-state index contributed by atoms with van der Waals surface area (Å²) in [5.41, 5.74) is 6.74. The molecule has 2 N–H and O–H groups in total. The molecule has 0 amide bonds. The Kier molecular flexibility index (Phi) is 3.93. The number of hydrogen-bond acceptors (Lipinski definition) is 4. The first-order chi connectivity index (χ1) is 8.61. The summed E-state index contributed by atoms with van der Waals surface area (Å²) >= 11 is 0. The molecule has 2 rings (SSSR count). The maximum absolute atomic E-state index is 11.8. The van der Waals surface area contributed by atoms with E-state index in [1.54, 1.807) is 6.07 Å². The molecule has 0 unspecified atom stereocenters. The second kappa shape index (κ2) is 5.46. The molecule has 18 heavy (non-hydrogen) atoms. The van der Waals surface area contributed by atoms with E-state index >= 15 is 0 Å². The van der Waals surface area contributed by atoms with Crippen LogP contribution in [0, 0.1) is 0 Å². The van der Waals surface area contributed by atoms with Crippen molar-refractivity contribution in [3.05, 3.63) is 42.1 Å². The second-order valence-electron chi connectivity index (χ2n) is 4.23. The predicted octanol–water partition coefficient (Wildman–Crippen LogP) is 1.50. The minimum atomic E-state index is -3.11. The summed E-state index contributed by atoms with van der Waals surface area (Å²) < 4.78 is 23.6. The third-order valence-corrected chi connectivity index (χ3v) is 4.33. The van der Waals surface area contributed by atoms with Gasteiger partial charge in [-0.3, -0.25) is 4.98 Å². The number of fused-ring (bicyclic) bond motifs is 1. The fraction of sp³-hybridized carbons (Fsp3) is 0.308. The molecule has 1 heterocycles. The van der Waals surface area contributed by atoms with E-state index in [4.69, 9.17) is 5.73 Å². The van der Waals surface area contributed by atoms with Crippen LogP contribution in [-0.2, 0) is 15.6 Å². The van der Waals surface area contributed by atoms with Crippen LogP contribution in [0.15, 0.2) is 36.4 Å². The van der Waals surface area contributed by atoms with Gasteiger partial charge < -0.3 is 5.73 Å². The van der Waals surface area contributed by atoms with Gasteiger partial charge in [0.2, 0.25) is 0 Å². The molecular formula is C13H16N2O2S. The summed E-state index contributed by atoms with van der Waals surface area (Å²) in [4.78, 5) is 4.36. The van der Waals surface area contributed by atoms with E-state index in [1.165, 1.54) is 0 Å². The molecule has 2 aromatic rings. The van der Waals surface area contributed by atoms with Crippen LogP contribution in [-0.4, -0.2) is 25.7 Å².